The maximum atomic E-state index is 11.3. The van der Waals surface area contributed by atoms with Gasteiger partial charge in [0, 0.05) is 5.56 Å². The Kier molecular flexibility index (Phi) is 1.96. The summed E-state index contributed by atoms with van der Waals surface area (Å²) in [5.41, 5.74) is 6.32. The van der Waals surface area contributed by atoms with Gasteiger partial charge in [0.2, 0.25) is 5.91 Å². The highest BCUT2D eigenvalue weighted by molar-refractivity contribution is 5.94. The topological polar surface area (TPSA) is 69.4 Å². The van der Waals surface area contributed by atoms with Gasteiger partial charge in [0.25, 0.3) is 0 Å². The van der Waals surface area contributed by atoms with Crippen molar-refractivity contribution in [1.29, 1.82) is 0 Å². The van der Waals surface area contributed by atoms with Gasteiger partial charge in [-0.2, -0.15) is 0 Å². The minimum absolute atomic E-state index is 0.0444. The number of hydrogen-bond donors (Lipinski definition) is 1. The van der Waals surface area contributed by atoms with Gasteiger partial charge >= 0.3 is 5.97 Å². The number of fused-ring (bicyclic) bond motifs is 1. The zero-order valence-corrected chi connectivity index (χ0v) is 7.40. The van der Waals surface area contributed by atoms with E-state index in [4.69, 9.17) is 10.5 Å². The molecule has 1 amide bonds. The van der Waals surface area contributed by atoms with E-state index >= 15 is 0 Å². The summed E-state index contributed by atoms with van der Waals surface area (Å²) in [7, 11) is 0. The molecule has 0 radical (unpaired) electrons. The fourth-order valence-electron chi connectivity index (χ4n) is 1.55. The highest BCUT2D eigenvalue weighted by Gasteiger charge is 2.31. The zero-order valence-electron chi connectivity index (χ0n) is 7.40. The van der Waals surface area contributed by atoms with Gasteiger partial charge in [0.15, 0.2) is 0 Å². The quantitative estimate of drug-likeness (QED) is 0.702. The van der Waals surface area contributed by atoms with E-state index < -0.39 is 12.0 Å². The van der Waals surface area contributed by atoms with Gasteiger partial charge in [0.05, 0.1) is 12.0 Å². The normalized spacial score (nSPS) is 18.9. The Bertz CT molecular complexity index is 398. The summed E-state index contributed by atoms with van der Waals surface area (Å²) in [6, 6.07) is 7.01. The lowest BCUT2D eigenvalue weighted by molar-refractivity contribution is -0.119. The van der Waals surface area contributed by atoms with Crippen molar-refractivity contribution in [2.75, 3.05) is 0 Å². The van der Waals surface area contributed by atoms with E-state index in [9.17, 15) is 9.59 Å². The van der Waals surface area contributed by atoms with Crippen LogP contribution in [-0.4, -0.2) is 11.9 Å². The first kappa shape index (κ1) is 8.74. The molecular formula is C10H9NO3. The summed E-state index contributed by atoms with van der Waals surface area (Å²) in [5.74, 6) is -0.855. The van der Waals surface area contributed by atoms with Crippen molar-refractivity contribution in [1.82, 2.24) is 0 Å². The van der Waals surface area contributed by atoms with Crippen LogP contribution in [0.15, 0.2) is 24.3 Å². The first-order valence-electron chi connectivity index (χ1n) is 4.26. The first-order valence-corrected chi connectivity index (χ1v) is 4.26. The van der Waals surface area contributed by atoms with Crippen LogP contribution in [0.25, 0.3) is 0 Å². The number of nitrogens with two attached hydrogens (primary N) is 1. The Balaban J connectivity index is 2.34. The number of hydrogen-bond acceptors (Lipinski definition) is 3. The summed E-state index contributed by atoms with van der Waals surface area (Å²) in [4.78, 5) is 22.0. The molecule has 1 aromatic carbocycles. The molecule has 0 saturated heterocycles. The Hall–Kier alpha value is -1.84. The maximum absolute atomic E-state index is 11.3. The van der Waals surface area contributed by atoms with E-state index in [1.54, 1.807) is 24.3 Å². The highest BCUT2D eigenvalue weighted by Crippen LogP contribution is 2.32. The molecule has 4 nitrogen and oxygen atoms in total. The smallest absolute Gasteiger partial charge is 0.339 e. The molecule has 1 atom stereocenters. The van der Waals surface area contributed by atoms with Crippen LogP contribution in [0.5, 0.6) is 0 Å². The van der Waals surface area contributed by atoms with Gasteiger partial charge in [-0.1, -0.05) is 18.2 Å². The highest BCUT2D eigenvalue weighted by atomic mass is 16.5. The second-order valence-corrected chi connectivity index (χ2v) is 3.15. The molecule has 0 saturated carbocycles. The van der Waals surface area contributed by atoms with E-state index in [0.717, 1.165) is 5.56 Å². The molecule has 2 rings (SSSR count). The predicted molar refractivity (Wildman–Crippen MR) is 48.4 cm³/mol. The van der Waals surface area contributed by atoms with Gasteiger partial charge in [-0.3, -0.25) is 4.79 Å². The van der Waals surface area contributed by atoms with Crippen molar-refractivity contribution >= 4 is 11.9 Å². The first-order chi connectivity index (χ1) is 6.68. The number of ether oxygens (including phenoxy) is 1. The number of esters is 1. The number of carbonyl (C=O) groups excluding carboxylic acids is 2. The van der Waals surface area contributed by atoms with Crippen LogP contribution in [0.3, 0.4) is 0 Å². The third kappa shape index (κ3) is 1.35. The molecule has 0 unspecified atom stereocenters. The van der Waals surface area contributed by atoms with Crippen molar-refractivity contribution in [3.05, 3.63) is 35.4 Å². The van der Waals surface area contributed by atoms with Gasteiger partial charge in [-0.15, -0.1) is 0 Å². The number of benzene rings is 1. The minimum atomic E-state index is -0.504. The monoisotopic (exact) mass is 191 g/mol. The van der Waals surface area contributed by atoms with Gasteiger partial charge in [-0.05, 0) is 6.07 Å². The average Bonchev–Trinajstić information content (AvgIpc) is 2.44. The number of rotatable bonds is 2. The molecule has 0 aliphatic carbocycles. The molecule has 0 aromatic heterocycles. The van der Waals surface area contributed by atoms with E-state index in [0.29, 0.717) is 5.56 Å². The van der Waals surface area contributed by atoms with Gasteiger partial charge in [-0.25, -0.2) is 4.79 Å². The van der Waals surface area contributed by atoms with Gasteiger partial charge in [0.1, 0.15) is 6.10 Å². The second kappa shape index (κ2) is 3.14. The van der Waals surface area contributed by atoms with Crippen LogP contribution in [0.2, 0.25) is 0 Å². The summed E-state index contributed by atoms with van der Waals surface area (Å²) < 4.78 is 5.00. The van der Waals surface area contributed by atoms with Crippen LogP contribution in [-0.2, 0) is 9.53 Å². The number of amides is 1. The third-order valence-corrected chi connectivity index (χ3v) is 2.16. The summed E-state index contributed by atoms with van der Waals surface area (Å²) in [6.45, 7) is 0. The number of primary amides is 1. The zero-order chi connectivity index (χ0) is 10.1. The Morgan fingerprint density at radius 2 is 2.14 bits per heavy atom. The molecule has 1 aromatic rings. The van der Waals surface area contributed by atoms with Crippen LogP contribution < -0.4 is 5.73 Å². The largest absolute Gasteiger partial charge is 0.453 e. The predicted octanol–water partition coefficient (Wildman–Crippen LogP) is 0.773. The van der Waals surface area contributed by atoms with E-state index in [1.165, 1.54) is 0 Å². The number of carbonyl (C=O) groups is 2. The van der Waals surface area contributed by atoms with Crippen molar-refractivity contribution < 1.29 is 14.3 Å². The molecule has 4 heteroatoms. The molecule has 0 spiro atoms. The van der Waals surface area contributed by atoms with E-state index in [-0.39, 0.29) is 12.4 Å². The summed E-state index contributed by atoms with van der Waals surface area (Å²) >= 11 is 0. The average molecular weight is 191 g/mol. The van der Waals surface area contributed by atoms with Crippen molar-refractivity contribution in [3.63, 3.8) is 0 Å². The summed E-state index contributed by atoms with van der Waals surface area (Å²) in [5, 5.41) is 0. The van der Waals surface area contributed by atoms with Crippen LogP contribution >= 0.6 is 0 Å². The van der Waals surface area contributed by atoms with Crippen LogP contribution in [0, 0.1) is 0 Å². The molecule has 0 fully saturated rings. The Labute approximate surface area is 80.7 Å². The minimum Gasteiger partial charge on any atom is -0.453 e. The molecule has 1 aliphatic rings. The molecular weight excluding hydrogens is 182 g/mol. The molecule has 2 N–H and O–H groups in total. The van der Waals surface area contributed by atoms with Gasteiger partial charge < -0.3 is 10.5 Å². The lowest BCUT2D eigenvalue weighted by atomic mass is 10.0. The van der Waals surface area contributed by atoms with E-state index in [1.807, 2.05) is 0 Å². The van der Waals surface area contributed by atoms with Crippen LogP contribution in [0.4, 0.5) is 0 Å². The fourth-order valence-corrected chi connectivity index (χ4v) is 1.55. The lowest BCUT2D eigenvalue weighted by Gasteiger charge is -2.06. The standard InChI is InChI=1S/C10H9NO3/c11-9(12)5-8-6-3-1-2-4-7(6)10(13)14-8/h1-4,8H,5H2,(H2,11,12)/t8-/m1/s1. The van der Waals surface area contributed by atoms with Crippen LogP contribution in [0.1, 0.15) is 28.4 Å². The molecule has 1 aliphatic heterocycles. The fraction of sp³-hybridized carbons (Fsp3) is 0.200. The third-order valence-electron chi connectivity index (χ3n) is 2.16. The summed E-state index contributed by atoms with van der Waals surface area (Å²) in [6.07, 6.45) is -0.459. The van der Waals surface area contributed by atoms with Crippen molar-refractivity contribution in [3.8, 4) is 0 Å². The Morgan fingerprint density at radius 3 is 2.86 bits per heavy atom. The molecule has 1 heterocycles. The second-order valence-electron chi connectivity index (χ2n) is 3.15. The molecule has 0 bridgehead atoms. The SMILES string of the molecule is NC(=O)C[C@H]1OC(=O)c2ccccc21. The van der Waals surface area contributed by atoms with E-state index in [2.05, 4.69) is 0 Å². The number of cyclic esters (lactones) is 1. The van der Waals surface area contributed by atoms with Crippen molar-refractivity contribution in [2.45, 2.75) is 12.5 Å². The molecule has 14 heavy (non-hydrogen) atoms. The Morgan fingerprint density at radius 1 is 1.43 bits per heavy atom. The maximum Gasteiger partial charge on any atom is 0.339 e. The lowest BCUT2D eigenvalue weighted by Crippen LogP contribution is -2.15. The molecule has 72 valence electrons. The van der Waals surface area contributed by atoms with Crippen molar-refractivity contribution in [2.24, 2.45) is 5.73 Å².